The van der Waals surface area contributed by atoms with Crippen LogP contribution in [0.1, 0.15) is 23.2 Å². The molecule has 0 aliphatic carbocycles. The van der Waals surface area contributed by atoms with Gasteiger partial charge in [0, 0.05) is 30.6 Å². The van der Waals surface area contributed by atoms with Gasteiger partial charge in [0.2, 0.25) is 0 Å². The molecule has 142 valence electrons. The summed E-state index contributed by atoms with van der Waals surface area (Å²) in [5, 5.41) is 17.8. The summed E-state index contributed by atoms with van der Waals surface area (Å²) in [6.45, 7) is 1.48. The van der Waals surface area contributed by atoms with Crippen LogP contribution in [0.4, 0.5) is 0 Å². The zero-order chi connectivity index (χ0) is 19.1. The molecule has 1 unspecified atom stereocenters. The Labute approximate surface area is 161 Å². The highest BCUT2D eigenvalue weighted by Crippen LogP contribution is 2.27. The van der Waals surface area contributed by atoms with Crippen molar-refractivity contribution in [1.29, 1.82) is 0 Å². The van der Waals surface area contributed by atoms with E-state index in [2.05, 4.69) is 20.2 Å². The van der Waals surface area contributed by atoms with Gasteiger partial charge in [-0.25, -0.2) is 4.98 Å². The first-order valence-corrected chi connectivity index (χ1v) is 9.56. The molecule has 3 heterocycles. The summed E-state index contributed by atoms with van der Waals surface area (Å²) in [6, 6.07) is 13.5. The number of carbonyl (C=O) groups excluding carboxylic acids is 1. The molecule has 2 aromatic carbocycles. The van der Waals surface area contributed by atoms with Gasteiger partial charge in [0.15, 0.2) is 5.82 Å². The molecule has 4 aromatic rings. The average Bonchev–Trinajstić information content (AvgIpc) is 3.36. The maximum Gasteiger partial charge on any atom is 0.253 e. The van der Waals surface area contributed by atoms with Crippen molar-refractivity contribution in [3.63, 3.8) is 0 Å². The number of hydrogen-bond donors (Lipinski definition) is 3. The van der Waals surface area contributed by atoms with Crippen molar-refractivity contribution < 1.29 is 9.90 Å². The molecule has 1 aliphatic heterocycles. The quantitative estimate of drug-likeness (QED) is 0.513. The molecular weight excluding hydrogens is 354 g/mol. The molecule has 28 heavy (non-hydrogen) atoms. The number of imidazole rings is 1. The van der Waals surface area contributed by atoms with Gasteiger partial charge in [-0.05, 0) is 49.1 Å². The van der Waals surface area contributed by atoms with Gasteiger partial charge in [-0.15, -0.1) is 0 Å². The molecule has 3 N–H and O–H groups in total. The number of piperidine rings is 1. The van der Waals surface area contributed by atoms with Crippen LogP contribution in [0, 0.1) is 5.92 Å². The van der Waals surface area contributed by atoms with Crippen molar-refractivity contribution in [1.82, 2.24) is 25.1 Å². The van der Waals surface area contributed by atoms with Crippen LogP contribution >= 0.6 is 0 Å². The summed E-state index contributed by atoms with van der Waals surface area (Å²) in [6.07, 6.45) is 1.90. The third-order valence-electron chi connectivity index (χ3n) is 5.49. The Morgan fingerprint density at radius 1 is 1.21 bits per heavy atom. The number of hydrogen-bond acceptors (Lipinski definition) is 4. The SMILES string of the molecule is O=C(c1ccc2c(-c3nc4ccccc4[nH]3)n[nH]c2c1)N1CCCC(CO)C1. The fourth-order valence-electron chi connectivity index (χ4n) is 3.98. The number of aromatic amines is 2. The zero-order valence-corrected chi connectivity index (χ0v) is 15.4. The number of likely N-dealkylation sites (tertiary alicyclic amines) is 1. The van der Waals surface area contributed by atoms with Gasteiger partial charge in [-0.2, -0.15) is 5.10 Å². The Balaban J connectivity index is 1.47. The largest absolute Gasteiger partial charge is 0.396 e. The summed E-state index contributed by atoms with van der Waals surface area (Å²) in [7, 11) is 0. The van der Waals surface area contributed by atoms with Crippen molar-refractivity contribution in [2.24, 2.45) is 5.92 Å². The normalized spacial score (nSPS) is 17.5. The van der Waals surface area contributed by atoms with Crippen LogP contribution in [-0.2, 0) is 0 Å². The van der Waals surface area contributed by atoms with Gasteiger partial charge in [-0.1, -0.05) is 12.1 Å². The molecule has 1 aliphatic rings. The third kappa shape index (κ3) is 2.84. The van der Waals surface area contributed by atoms with Crippen molar-refractivity contribution in [2.75, 3.05) is 19.7 Å². The Bertz CT molecular complexity index is 1130. The molecule has 0 spiro atoms. The van der Waals surface area contributed by atoms with Gasteiger partial charge in [-0.3, -0.25) is 9.89 Å². The molecule has 1 fully saturated rings. The fourth-order valence-corrected chi connectivity index (χ4v) is 3.98. The maximum absolute atomic E-state index is 12.9. The molecular formula is C21H21N5O2. The molecule has 5 rings (SSSR count). The second-order valence-electron chi connectivity index (χ2n) is 7.38. The Morgan fingerprint density at radius 3 is 2.96 bits per heavy atom. The summed E-state index contributed by atoms with van der Waals surface area (Å²) in [4.78, 5) is 22.6. The lowest BCUT2D eigenvalue weighted by atomic mass is 9.98. The molecule has 7 nitrogen and oxygen atoms in total. The maximum atomic E-state index is 12.9. The number of benzene rings is 2. The monoisotopic (exact) mass is 375 g/mol. The molecule has 1 atom stereocenters. The molecule has 0 saturated carbocycles. The molecule has 1 saturated heterocycles. The number of H-pyrrole nitrogens is 2. The van der Waals surface area contributed by atoms with Crippen LogP contribution in [0.5, 0.6) is 0 Å². The van der Waals surface area contributed by atoms with Crippen molar-refractivity contribution in [3.8, 4) is 11.5 Å². The van der Waals surface area contributed by atoms with Gasteiger partial charge in [0.25, 0.3) is 5.91 Å². The average molecular weight is 375 g/mol. The van der Waals surface area contributed by atoms with Gasteiger partial charge < -0.3 is 15.0 Å². The van der Waals surface area contributed by atoms with E-state index in [1.807, 2.05) is 47.4 Å². The van der Waals surface area contributed by atoms with E-state index in [-0.39, 0.29) is 18.4 Å². The smallest absolute Gasteiger partial charge is 0.253 e. The van der Waals surface area contributed by atoms with Crippen molar-refractivity contribution >= 4 is 27.8 Å². The van der Waals surface area contributed by atoms with Gasteiger partial charge in [0.1, 0.15) is 5.69 Å². The minimum absolute atomic E-state index is 0.0000583. The first-order valence-electron chi connectivity index (χ1n) is 9.56. The number of carbonyl (C=O) groups is 1. The molecule has 0 radical (unpaired) electrons. The van der Waals surface area contributed by atoms with Crippen LogP contribution in [0.3, 0.4) is 0 Å². The van der Waals surface area contributed by atoms with E-state index < -0.39 is 0 Å². The van der Waals surface area contributed by atoms with Gasteiger partial charge in [0.05, 0.1) is 16.6 Å². The summed E-state index contributed by atoms with van der Waals surface area (Å²) in [5.41, 5.74) is 4.03. The lowest BCUT2D eigenvalue weighted by molar-refractivity contribution is 0.0621. The van der Waals surface area contributed by atoms with Crippen LogP contribution in [0.2, 0.25) is 0 Å². The summed E-state index contributed by atoms with van der Waals surface area (Å²) >= 11 is 0. The number of rotatable bonds is 3. The highest BCUT2D eigenvalue weighted by Gasteiger charge is 2.24. The second-order valence-corrected chi connectivity index (χ2v) is 7.38. The molecule has 7 heteroatoms. The topological polar surface area (TPSA) is 97.9 Å². The predicted octanol–water partition coefficient (Wildman–Crippen LogP) is 2.95. The fraction of sp³-hybridized carbons (Fsp3) is 0.286. The highest BCUT2D eigenvalue weighted by atomic mass is 16.3. The van der Waals surface area contributed by atoms with Crippen molar-refractivity contribution in [2.45, 2.75) is 12.8 Å². The number of nitrogens with zero attached hydrogens (tertiary/aromatic N) is 3. The number of amides is 1. The van der Waals surface area contributed by atoms with E-state index >= 15 is 0 Å². The summed E-state index contributed by atoms with van der Waals surface area (Å²) < 4.78 is 0. The molecule has 0 bridgehead atoms. The number of aliphatic hydroxyl groups excluding tert-OH is 1. The number of para-hydroxylation sites is 2. The Hall–Kier alpha value is -3.19. The first kappa shape index (κ1) is 16.9. The first-order chi connectivity index (χ1) is 13.7. The van der Waals surface area contributed by atoms with Crippen LogP contribution in [0.25, 0.3) is 33.5 Å². The minimum Gasteiger partial charge on any atom is -0.396 e. The van der Waals surface area contributed by atoms with Crippen LogP contribution in [-0.4, -0.2) is 55.8 Å². The predicted molar refractivity (Wildman–Crippen MR) is 107 cm³/mol. The van der Waals surface area contributed by atoms with Gasteiger partial charge >= 0.3 is 0 Å². The van der Waals surface area contributed by atoms with E-state index in [1.54, 1.807) is 0 Å². The van der Waals surface area contributed by atoms with E-state index in [4.69, 9.17) is 0 Å². The number of nitrogens with one attached hydrogen (secondary N) is 2. The van der Waals surface area contributed by atoms with E-state index in [0.717, 1.165) is 47.0 Å². The highest BCUT2D eigenvalue weighted by molar-refractivity contribution is 6.00. The lowest BCUT2D eigenvalue weighted by Crippen LogP contribution is -2.40. The number of aliphatic hydroxyl groups is 1. The van der Waals surface area contributed by atoms with Crippen LogP contribution < -0.4 is 0 Å². The van der Waals surface area contributed by atoms with Crippen molar-refractivity contribution in [3.05, 3.63) is 48.0 Å². The molecule has 2 aromatic heterocycles. The van der Waals surface area contributed by atoms with E-state index in [0.29, 0.717) is 17.9 Å². The Morgan fingerprint density at radius 2 is 2.11 bits per heavy atom. The van der Waals surface area contributed by atoms with E-state index in [1.165, 1.54) is 0 Å². The zero-order valence-electron chi connectivity index (χ0n) is 15.4. The van der Waals surface area contributed by atoms with E-state index in [9.17, 15) is 9.90 Å². The lowest BCUT2D eigenvalue weighted by Gasteiger charge is -2.31. The standard InChI is InChI=1S/C21H21N5O2/c27-12-13-4-3-9-26(11-13)21(28)14-7-8-15-18(10-14)24-25-19(15)20-22-16-5-1-2-6-17(16)23-20/h1-2,5-8,10,13,27H,3-4,9,11-12H2,(H,22,23)(H,24,25). The number of fused-ring (bicyclic) bond motifs is 2. The third-order valence-corrected chi connectivity index (χ3v) is 5.49. The summed E-state index contributed by atoms with van der Waals surface area (Å²) in [5.74, 6) is 0.876. The Kier molecular flexibility index (Phi) is 4.09. The van der Waals surface area contributed by atoms with Crippen LogP contribution in [0.15, 0.2) is 42.5 Å². The molecule has 1 amide bonds. The number of aromatic nitrogens is 4. The second kappa shape index (κ2) is 6.76. The minimum atomic E-state index is -0.0000583.